The molecule has 2 fully saturated rings. The third kappa shape index (κ3) is 2.60. The molecule has 0 amide bonds. The van der Waals surface area contributed by atoms with Gasteiger partial charge < -0.3 is 0 Å². The van der Waals surface area contributed by atoms with Crippen molar-refractivity contribution >= 4 is 7.28 Å². The topological polar surface area (TPSA) is 0 Å². The summed E-state index contributed by atoms with van der Waals surface area (Å²) >= 11 is 0. The first-order chi connectivity index (χ1) is 7.13. The Morgan fingerprint density at radius 1 is 1.33 bits per heavy atom. The van der Waals surface area contributed by atoms with Crippen molar-refractivity contribution in [3.8, 4) is 0 Å². The molecule has 2 aliphatic rings. The van der Waals surface area contributed by atoms with Gasteiger partial charge in [0.05, 0.1) is 0 Å². The summed E-state index contributed by atoms with van der Waals surface area (Å²) in [5.74, 6) is 3.19. The lowest BCUT2D eigenvalue weighted by Gasteiger charge is -2.48. The van der Waals surface area contributed by atoms with E-state index in [1.807, 2.05) is 0 Å². The van der Waals surface area contributed by atoms with E-state index in [-0.39, 0.29) is 0 Å². The van der Waals surface area contributed by atoms with Crippen LogP contribution in [0.15, 0.2) is 0 Å². The highest BCUT2D eigenvalue weighted by Gasteiger charge is 2.40. The lowest BCUT2D eigenvalue weighted by molar-refractivity contribution is 0.0681. The maximum absolute atomic E-state index is 2.50. The highest BCUT2D eigenvalue weighted by molar-refractivity contribution is 6.37. The van der Waals surface area contributed by atoms with Gasteiger partial charge in [-0.3, -0.25) is 0 Å². The summed E-state index contributed by atoms with van der Waals surface area (Å²) in [6.07, 6.45) is 10.5. The second-order valence-corrected chi connectivity index (χ2v) is 6.68. The molecule has 1 unspecified atom stereocenters. The summed E-state index contributed by atoms with van der Waals surface area (Å²) < 4.78 is 0. The van der Waals surface area contributed by atoms with E-state index in [4.69, 9.17) is 0 Å². The van der Waals surface area contributed by atoms with Gasteiger partial charge in [-0.05, 0) is 30.1 Å². The molecule has 0 N–H and O–H groups in total. The SMILES string of the molecule is CCC1(C)CC(C(C)BCC2CCC2)C1. The lowest BCUT2D eigenvalue weighted by Crippen LogP contribution is -2.37. The molecule has 0 aromatic heterocycles. The zero-order valence-corrected chi connectivity index (χ0v) is 10.9. The van der Waals surface area contributed by atoms with Crippen molar-refractivity contribution in [2.75, 3.05) is 0 Å². The van der Waals surface area contributed by atoms with Gasteiger partial charge in [-0.25, -0.2) is 0 Å². The molecule has 1 atom stereocenters. The summed E-state index contributed by atoms with van der Waals surface area (Å²) in [6.45, 7) is 7.33. The zero-order valence-electron chi connectivity index (χ0n) is 10.9. The van der Waals surface area contributed by atoms with E-state index in [9.17, 15) is 0 Å². The van der Waals surface area contributed by atoms with Gasteiger partial charge in [0, 0.05) is 0 Å². The van der Waals surface area contributed by atoms with Crippen LogP contribution in [0.3, 0.4) is 0 Å². The van der Waals surface area contributed by atoms with E-state index >= 15 is 0 Å². The minimum absolute atomic E-state index is 0.718. The maximum atomic E-state index is 2.50. The molecule has 0 spiro atoms. The van der Waals surface area contributed by atoms with E-state index in [0.29, 0.717) is 0 Å². The Hall–Kier alpha value is 0.0649. The van der Waals surface area contributed by atoms with Gasteiger partial charge in [0.25, 0.3) is 0 Å². The first kappa shape index (κ1) is 11.5. The van der Waals surface area contributed by atoms with Crippen molar-refractivity contribution in [3.05, 3.63) is 0 Å². The van der Waals surface area contributed by atoms with Crippen LogP contribution in [0, 0.1) is 17.3 Å². The van der Waals surface area contributed by atoms with Crippen molar-refractivity contribution in [1.29, 1.82) is 0 Å². The van der Waals surface area contributed by atoms with Crippen molar-refractivity contribution in [2.45, 2.75) is 71.4 Å². The number of rotatable bonds is 5. The van der Waals surface area contributed by atoms with E-state index < -0.39 is 0 Å². The fourth-order valence-electron chi connectivity index (χ4n) is 3.41. The number of hydrogen-bond donors (Lipinski definition) is 0. The van der Waals surface area contributed by atoms with Crippen LogP contribution in [0.1, 0.15) is 59.3 Å². The monoisotopic (exact) mass is 206 g/mol. The van der Waals surface area contributed by atoms with Crippen LogP contribution in [0.4, 0.5) is 0 Å². The fraction of sp³-hybridized carbons (Fsp3) is 1.00. The Balaban J connectivity index is 1.62. The average molecular weight is 206 g/mol. The summed E-state index contributed by atoms with van der Waals surface area (Å²) in [7, 11) is 1.51. The predicted molar refractivity (Wildman–Crippen MR) is 69.8 cm³/mol. The van der Waals surface area contributed by atoms with Crippen LogP contribution in [-0.2, 0) is 0 Å². The second-order valence-electron chi connectivity index (χ2n) is 6.68. The van der Waals surface area contributed by atoms with Crippen LogP contribution < -0.4 is 0 Å². The van der Waals surface area contributed by atoms with Crippen LogP contribution in [0.5, 0.6) is 0 Å². The molecule has 1 heteroatoms. The molecule has 0 radical (unpaired) electrons. The van der Waals surface area contributed by atoms with Gasteiger partial charge in [0.15, 0.2) is 0 Å². The van der Waals surface area contributed by atoms with Gasteiger partial charge in [-0.1, -0.05) is 58.6 Å². The molecule has 0 nitrogen and oxygen atoms in total. The molecule has 0 aliphatic heterocycles. The Kier molecular flexibility index (Phi) is 3.47. The van der Waals surface area contributed by atoms with Crippen LogP contribution >= 0.6 is 0 Å². The summed E-state index contributed by atoms with van der Waals surface area (Å²) in [5.41, 5.74) is 0.718. The highest BCUT2D eigenvalue weighted by Crippen LogP contribution is 2.52. The fourth-order valence-corrected chi connectivity index (χ4v) is 3.41. The molecule has 0 aromatic carbocycles. The van der Waals surface area contributed by atoms with E-state index in [2.05, 4.69) is 20.8 Å². The third-order valence-corrected chi connectivity index (χ3v) is 5.42. The van der Waals surface area contributed by atoms with Crippen LogP contribution in [-0.4, -0.2) is 7.28 Å². The zero-order chi connectivity index (χ0) is 10.9. The van der Waals surface area contributed by atoms with Gasteiger partial charge in [-0.15, -0.1) is 0 Å². The summed E-state index contributed by atoms with van der Waals surface area (Å²) in [5, 5.41) is 0. The first-order valence-corrected chi connectivity index (χ1v) is 7.13. The van der Waals surface area contributed by atoms with Crippen molar-refractivity contribution in [2.24, 2.45) is 17.3 Å². The molecule has 86 valence electrons. The number of hydrogen-bond acceptors (Lipinski definition) is 0. The molecule has 2 rings (SSSR count). The summed E-state index contributed by atoms with van der Waals surface area (Å²) in [4.78, 5) is 0. The average Bonchev–Trinajstić information content (AvgIpc) is 2.10. The Morgan fingerprint density at radius 2 is 2.00 bits per heavy atom. The van der Waals surface area contributed by atoms with E-state index in [1.165, 1.54) is 52.1 Å². The minimum atomic E-state index is 0.718. The quantitative estimate of drug-likeness (QED) is 0.589. The maximum Gasteiger partial charge on any atom is 0.124 e. The highest BCUT2D eigenvalue weighted by atomic mass is 14.4. The van der Waals surface area contributed by atoms with Crippen LogP contribution in [0.2, 0.25) is 12.1 Å². The van der Waals surface area contributed by atoms with Crippen LogP contribution in [0.25, 0.3) is 0 Å². The molecule has 0 saturated heterocycles. The lowest BCUT2D eigenvalue weighted by atomic mass is 9.46. The molecular formula is C14H27B. The minimum Gasteiger partial charge on any atom is -0.0744 e. The normalized spacial score (nSPS) is 37.9. The van der Waals surface area contributed by atoms with Gasteiger partial charge in [0.1, 0.15) is 7.28 Å². The Labute approximate surface area is 96.5 Å². The van der Waals surface area contributed by atoms with E-state index in [0.717, 1.165) is 23.1 Å². The molecule has 0 bridgehead atoms. The van der Waals surface area contributed by atoms with Gasteiger partial charge in [-0.2, -0.15) is 0 Å². The second kappa shape index (κ2) is 4.51. The Bertz CT molecular complexity index is 201. The van der Waals surface area contributed by atoms with Crippen molar-refractivity contribution in [1.82, 2.24) is 0 Å². The molecular weight excluding hydrogens is 179 g/mol. The van der Waals surface area contributed by atoms with Gasteiger partial charge in [0.2, 0.25) is 0 Å². The Morgan fingerprint density at radius 3 is 2.47 bits per heavy atom. The molecule has 0 aromatic rings. The third-order valence-electron chi connectivity index (χ3n) is 5.42. The first-order valence-electron chi connectivity index (χ1n) is 7.13. The molecule has 15 heavy (non-hydrogen) atoms. The van der Waals surface area contributed by atoms with E-state index in [1.54, 1.807) is 0 Å². The standard InChI is InChI=1S/C14H27B/c1-4-14(3)8-13(9-14)11(2)15-10-12-6-5-7-12/h11-13,15H,4-10H2,1-3H3. The molecule has 0 heterocycles. The smallest absolute Gasteiger partial charge is 0.0744 e. The summed E-state index contributed by atoms with van der Waals surface area (Å²) in [6, 6.07) is 0. The largest absolute Gasteiger partial charge is 0.124 e. The molecule has 2 aliphatic carbocycles. The van der Waals surface area contributed by atoms with Crippen molar-refractivity contribution < 1.29 is 0 Å². The molecule has 2 saturated carbocycles. The predicted octanol–water partition coefficient (Wildman–Crippen LogP) is 4.28. The van der Waals surface area contributed by atoms with Crippen molar-refractivity contribution in [3.63, 3.8) is 0 Å². The van der Waals surface area contributed by atoms with Gasteiger partial charge >= 0.3 is 0 Å².